The number of aliphatic imine (C=N–C) groups is 1. The smallest absolute Gasteiger partial charge is 0.240 e. The highest BCUT2D eigenvalue weighted by Crippen LogP contribution is 2.25. The van der Waals surface area contributed by atoms with Gasteiger partial charge in [-0.15, -0.1) is 24.0 Å². The molecular formula is C21H29IN4O3S. The molecule has 0 atom stereocenters. The number of benzene rings is 2. The normalized spacial score (nSPS) is 13.2. The molecule has 0 unspecified atom stereocenters. The Bertz CT molecular complexity index is 963. The van der Waals surface area contributed by atoms with E-state index in [1.807, 2.05) is 6.92 Å². The number of fused-ring (bicyclic) bond motifs is 1. The number of halogens is 1. The van der Waals surface area contributed by atoms with Gasteiger partial charge in [0, 0.05) is 19.5 Å². The molecule has 0 aliphatic carbocycles. The quantitative estimate of drug-likeness (QED) is 0.270. The van der Waals surface area contributed by atoms with Gasteiger partial charge < -0.3 is 15.4 Å². The van der Waals surface area contributed by atoms with Crippen molar-refractivity contribution in [2.24, 2.45) is 4.99 Å². The van der Waals surface area contributed by atoms with Crippen LogP contribution in [0.5, 0.6) is 5.75 Å². The molecule has 164 valence electrons. The van der Waals surface area contributed by atoms with E-state index in [1.165, 1.54) is 18.2 Å². The van der Waals surface area contributed by atoms with Crippen LogP contribution in [-0.2, 0) is 29.4 Å². The minimum atomic E-state index is -3.42. The molecule has 2 aromatic carbocycles. The van der Waals surface area contributed by atoms with E-state index in [-0.39, 0.29) is 28.9 Å². The first-order valence-corrected chi connectivity index (χ1v) is 11.3. The summed E-state index contributed by atoms with van der Waals surface area (Å²) in [5.74, 6) is 1.74. The predicted molar refractivity (Wildman–Crippen MR) is 130 cm³/mol. The van der Waals surface area contributed by atoms with Crippen LogP contribution in [0.25, 0.3) is 0 Å². The molecular weight excluding hydrogens is 515 g/mol. The van der Waals surface area contributed by atoms with Crippen molar-refractivity contribution in [3.8, 4) is 5.75 Å². The molecule has 7 nitrogen and oxygen atoms in total. The molecule has 0 fully saturated rings. The van der Waals surface area contributed by atoms with E-state index < -0.39 is 10.0 Å². The summed E-state index contributed by atoms with van der Waals surface area (Å²) in [5.41, 5.74) is 3.50. The van der Waals surface area contributed by atoms with Crippen LogP contribution in [0, 0.1) is 0 Å². The lowest BCUT2D eigenvalue weighted by Gasteiger charge is -2.12. The number of nitrogens with zero attached hydrogens (tertiary/aromatic N) is 1. The van der Waals surface area contributed by atoms with E-state index in [0.717, 1.165) is 49.8 Å². The third-order valence-electron chi connectivity index (χ3n) is 4.73. The maximum Gasteiger partial charge on any atom is 0.240 e. The Kier molecular flexibility index (Phi) is 9.37. The Labute approximate surface area is 195 Å². The Morgan fingerprint density at radius 2 is 1.83 bits per heavy atom. The maximum absolute atomic E-state index is 11.8. The predicted octanol–water partition coefficient (Wildman–Crippen LogP) is 2.45. The van der Waals surface area contributed by atoms with Gasteiger partial charge in [-0.05, 0) is 55.3 Å². The summed E-state index contributed by atoms with van der Waals surface area (Å²) < 4.78 is 31.5. The van der Waals surface area contributed by atoms with Crippen LogP contribution >= 0.6 is 24.0 Å². The molecule has 9 heteroatoms. The van der Waals surface area contributed by atoms with Crippen LogP contribution < -0.4 is 20.1 Å². The lowest BCUT2D eigenvalue weighted by Crippen LogP contribution is -2.38. The van der Waals surface area contributed by atoms with Crippen LogP contribution in [0.2, 0.25) is 0 Å². The van der Waals surface area contributed by atoms with E-state index in [9.17, 15) is 8.42 Å². The van der Waals surface area contributed by atoms with Crippen molar-refractivity contribution in [1.82, 2.24) is 15.4 Å². The van der Waals surface area contributed by atoms with Crippen LogP contribution in [0.1, 0.15) is 23.6 Å². The minimum Gasteiger partial charge on any atom is -0.493 e. The number of sulfonamides is 1. The number of ether oxygens (including phenoxy) is 1. The molecule has 0 aromatic heterocycles. The standard InChI is InChI=1S/C21H28N4O3S.HI/c1-3-23-21(24-12-10-16-6-9-20-18(14-16)11-13-28-20)25-15-17-4-7-19(8-5-17)29(26,27)22-2;/h4-9,14,22H,3,10-13,15H2,1-2H3,(H2,23,24,25);1H. The highest BCUT2D eigenvalue weighted by molar-refractivity contribution is 14.0. The van der Waals surface area contributed by atoms with Gasteiger partial charge >= 0.3 is 0 Å². The fourth-order valence-corrected chi connectivity index (χ4v) is 3.85. The molecule has 30 heavy (non-hydrogen) atoms. The van der Waals surface area contributed by atoms with Crippen molar-refractivity contribution in [3.05, 3.63) is 59.2 Å². The van der Waals surface area contributed by atoms with Crippen LogP contribution in [0.4, 0.5) is 0 Å². The number of guanidine groups is 1. The zero-order valence-corrected chi connectivity index (χ0v) is 20.4. The SMILES string of the molecule is CCNC(=NCc1ccc(S(=O)(=O)NC)cc1)NCCc1ccc2c(c1)CCO2.I. The summed E-state index contributed by atoms with van der Waals surface area (Å²) in [6.45, 7) is 4.79. The first-order chi connectivity index (χ1) is 14.0. The highest BCUT2D eigenvalue weighted by atomic mass is 127. The number of rotatable bonds is 8. The van der Waals surface area contributed by atoms with Gasteiger partial charge in [0.25, 0.3) is 0 Å². The number of hydrogen-bond acceptors (Lipinski definition) is 4. The van der Waals surface area contributed by atoms with Crippen molar-refractivity contribution in [2.75, 3.05) is 26.7 Å². The van der Waals surface area contributed by atoms with Crippen molar-refractivity contribution < 1.29 is 13.2 Å². The van der Waals surface area contributed by atoms with E-state index >= 15 is 0 Å². The van der Waals surface area contributed by atoms with Gasteiger partial charge in [0.2, 0.25) is 10.0 Å². The third kappa shape index (κ3) is 6.58. The molecule has 0 saturated heterocycles. The zero-order chi connectivity index (χ0) is 20.7. The van der Waals surface area contributed by atoms with Crippen molar-refractivity contribution in [3.63, 3.8) is 0 Å². The van der Waals surface area contributed by atoms with E-state index in [2.05, 4.69) is 38.5 Å². The van der Waals surface area contributed by atoms with Crippen molar-refractivity contribution >= 4 is 40.0 Å². The first kappa shape index (κ1) is 24.4. The molecule has 0 radical (unpaired) electrons. The molecule has 0 saturated carbocycles. The first-order valence-electron chi connectivity index (χ1n) is 9.81. The molecule has 0 spiro atoms. The van der Waals surface area contributed by atoms with Gasteiger partial charge in [-0.25, -0.2) is 18.1 Å². The second-order valence-electron chi connectivity index (χ2n) is 6.76. The summed E-state index contributed by atoms with van der Waals surface area (Å²) >= 11 is 0. The molecule has 0 amide bonds. The van der Waals surface area contributed by atoms with E-state index in [0.29, 0.717) is 6.54 Å². The second-order valence-corrected chi connectivity index (χ2v) is 8.65. The second kappa shape index (κ2) is 11.5. The summed E-state index contributed by atoms with van der Waals surface area (Å²) in [6.07, 6.45) is 1.88. The molecule has 3 N–H and O–H groups in total. The molecule has 0 bridgehead atoms. The van der Waals surface area contributed by atoms with Gasteiger partial charge in [-0.2, -0.15) is 0 Å². The highest BCUT2D eigenvalue weighted by Gasteiger charge is 2.12. The zero-order valence-electron chi connectivity index (χ0n) is 17.3. The van der Waals surface area contributed by atoms with Gasteiger partial charge in [-0.1, -0.05) is 24.3 Å². The average molecular weight is 544 g/mol. The third-order valence-corrected chi connectivity index (χ3v) is 6.16. The summed E-state index contributed by atoms with van der Waals surface area (Å²) in [5, 5.41) is 6.59. The Morgan fingerprint density at radius 1 is 1.10 bits per heavy atom. The summed E-state index contributed by atoms with van der Waals surface area (Å²) in [4.78, 5) is 4.84. The lowest BCUT2D eigenvalue weighted by molar-refractivity contribution is 0.357. The largest absolute Gasteiger partial charge is 0.493 e. The summed E-state index contributed by atoms with van der Waals surface area (Å²) in [6, 6.07) is 13.1. The fraction of sp³-hybridized carbons (Fsp3) is 0.381. The molecule has 1 aliphatic rings. The van der Waals surface area contributed by atoms with E-state index in [1.54, 1.807) is 24.3 Å². The molecule has 1 heterocycles. The van der Waals surface area contributed by atoms with Gasteiger partial charge in [0.05, 0.1) is 18.0 Å². The van der Waals surface area contributed by atoms with Crippen LogP contribution in [-0.4, -0.2) is 41.1 Å². The minimum absolute atomic E-state index is 0. The molecule has 2 aromatic rings. The van der Waals surface area contributed by atoms with Gasteiger partial charge in [-0.3, -0.25) is 0 Å². The molecule has 3 rings (SSSR count). The summed E-state index contributed by atoms with van der Waals surface area (Å²) in [7, 11) is -2.01. The monoisotopic (exact) mass is 544 g/mol. The Hall–Kier alpha value is -1.85. The van der Waals surface area contributed by atoms with Crippen LogP contribution in [0.15, 0.2) is 52.4 Å². The average Bonchev–Trinajstić information content (AvgIpc) is 3.20. The van der Waals surface area contributed by atoms with Gasteiger partial charge in [0.15, 0.2) is 5.96 Å². The van der Waals surface area contributed by atoms with Gasteiger partial charge in [0.1, 0.15) is 5.75 Å². The van der Waals surface area contributed by atoms with Crippen molar-refractivity contribution in [1.29, 1.82) is 0 Å². The Morgan fingerprint density at radius 3 is 2.53 bits per heavy atom. The Balaban J connectivity index is 0.00000320. The van der Waals surface area contributed by atoms with Crippen molar-refractivity contribution in [2.45, 2.75) is 31.2 Å². The maximum atomic E-state index is 11.8. The van der Waals surface area contributed by atoms with E-state index in [4.69, 9.17) is 4.74 Å². The number of nitrogens with one attached hydrogen (secondary N) is 3. The lowest BCUT2D eigenvalue weighted by atomic mass is 10.1. The topological polar surface area (TPSA) is 91.8 Å². The number of hydrogen-bond donors (Lipinski definition) is 3. The van der Waals surface area contributed by atoms with Crippen LogP contribution in [0.3, 0.4) is 0 Å². The molecule has 1 aliphatic heterocycles. The fourth-order valence-electron chi connectivity index (χ4n) is 3.12.